The van der Waals surface area contributed by atoms with Crippen LogP contribution in [-0.2, 0) is 0 Å². The van der Waals surface area contributed by atoms with Crippen LogP contribution in [0.3, 0.4) is 0 Å². The van der Waals surface area contributed by atoms with Crippen LogP contribution in [0.4, 0.5) is 4.39 Å². The fourth-order valence-electron chi connectivity index (χ4n) is 1.74. The Kier molecular flexibility index (Phi) is 3.37. The number of ketones is 1. The van der Waals surface area contributed by atoms with Gasteiger partial charge in [-0.2, -0.15) is 5.10 Å². The van der Waals surface area contributed by atoms with Gasteiger partial charge in [-0.15, -0.1) is 0 Å². The third-order valence-corrected chi connectivity index (χ3v) is 2.55. The van der Waals surface area contributed by atoms with Crippen molar-refractivity contribution in [2.45, 2.75) is 6.92 Å². The fourth-order valence-corrected chi connectivity index (χ4v) is 1.74. The van der Waals surface area contributed by atoms with Crippen LogP contribution in [0.5, 0.6) is 0 Å². The highest BCUT2D eigenvalue weighted by atomic mass is 19.1. The van der Waals surface area contributed by atoms with Crippen molar-refractivity contribution in [1.29, 1.82) is 0 Å². The number of aliphatic imine (C=N–C) groups is 1. The highest BCUT2D eigenvalue weighted by Gasteiger charge is 2.15. The smallest absolute Gasteiger partial charge is 0.180 e. The summed E-state index contributed by atoms with van der Waals surface area (Å²) in [5, 5.41) is 4.71. The average Bonchev–Trinajstić information content (AvgIpc) is 2.74. The predicted molar refractivity (Wildman–Crippen MR) is 73.7 cm³/mol. The van der Waals surface area contributed by atoms with E-state index in [9.17, 15) is 9.18 Å². The van der Waals surface area contributed by atoms with Crippen molar-refractivity contribution < 1.29 is 9.18 Å². The van der Waals surface area contributed by atoms with E-state index in [0.29, 0.717) is 10.9 Å². The Morgan fingerprint density at radius 2 is 2.26 bits per heavy atom. The summed E-state index contributed by atoms with van der Waals surface area (Å²) in [5.41, 5.74) is 0.723. The Labute approximate surface area is 109 Å². The quantitative estimate of drug-likeness (QED) is 0.624. The van der Waals surface area contributed by atoms with E-state index in [1.165, 1.54) is 42.1 Å². The number of hydrogen-bond acceptors (Lipinski definition) is 3. The van der Waals surface area contributed by atoms with Gasteiger partial charge in [-0.25, -0.2) is 14.1 Å². The molecule has 2 rings (SSSR count). The molecule has 1 heterocycles. The number of hydrogen-bond donors (Lipinski definition) is 0. The summed E-state index contributed by atoms with van der Waals surface area (Å²) in [6, 6.07) is 4.11. The van der Waals surface area contributed by atoms with E-state index >= 15 is 0 Å². The summed E-state index contributed by atoms with van der Waals surface area (Å²) in [6.07, 6.45) is 2.94. The van der Waals surface area contributed by atoms with Gasteiger partial charge in [-0.3, -0.25) is 4.79 Å². The van der Waals surface area contributed by atoms with Crippen molar-refractivity contribution in [1.82, 2.24) is 9.78 Å². The van der Waals surface area contributed by atoms with Crippen LogP contribution >= 0.6 is 0 Å². The minimum Gasteiger partial charge on any atom is -0.293 e. The summed E-state index contributed by atoms with van der Waals surface area (Å²) in [4.78, 5) is 15.5. The predicted octanol–water partition coefficient (Wildman–Crippen LogP) is 3.06. The number of benzene rings is 1. The molecule has 0 saturated heterocycles. The lowest BCUT2D eigenvalue weighted by Gasteiger charge is -2.00. The number of fused-ring (bicyclic) bond motifs is 1. The molecule has 0 fully saturated rings. The molecule has 0 bridgehead atoms. The second-order valence-corrected chi connectivity index (χ2v) is 3.91. The number of carbonyl (C=O) groups is 1. The Bertz CT molecular complexity index is 713. The molecule has 19 heavy (non-hydrogen) atoms. The van der Waals surface area contributed by atoms with E-state index in [2.05, 4.69) is 23.2 Å². The molecule has 96 valence electrons. The molecule has 4 nitrogen and oxygen atoms in total. The Morgan fingerprint density at radius 1 is 1.53 bits per heavy atom. The van der Waals surface area contributed by atoms with E-state index in [0.717, 1.165) is 0 Å². The molecule has 0 aliphatic heterocycles. The summed E-state index contributed by atoms with van der Waals surface area (Å²) in [5.74, 6) is -0.330. The minimum absolute atomic E-state index is 0.198. The molecule has 0 N–H and O–H groups in total. The average molecular weight is 257 g/mol. The summed E-state index contributed by atoms with van der Waals surface area (Å²) >= 11 is 0. The normalized spacial score (nSPS) is 11.1. The standard InChI is InChI=1S/C14H12FN3O/c1-4-7-16-10(3)18-13-8-11(15)5-6-12(13)14(17-18)9(2)19/h4-8H,1,3H2,2H3. The maximum absolute atomic E-state index is 13.3. The van der Waals surface area contributed by atoms with Crippen LogP contribution in [0.15, 0.2) is 42.4 Å². The second kappa shape index (κ2) is 4.97. The van der Waals surface area contributed by atoms with Crippen LogP contribution in [0.2, 0.25) is 0 Å². The molecule has 0 saturated carbocycles. The van der Waals surface area contributed by atoms with Gasteiger partial charge in [0.2, 0.25) is 0 Å². The maximum Gasteiger partial charge on any atom is 0.180 e. The van der Waals surface area contributed by atoms with Crippen molar-refractivity contribution >= 4 is 28.7 Å². The zero-order chi connectivity index (χ0) is 14.0. The third kappa shape index (κ3) is 2.35. The summed E-state index contributed by atoms with van der Waals surface area (Å²) in [6.45, 7) is 8.65. The molecule has 1 aromatic heterocycles. The van der Waals surface area contributed by atoms with E-state index < -0.39 is 5.82 Å². The van der Waals surface area contributed by atoms with E-state index in [4.69, 9.17) is 0 Å². The van der Waals surface area contributed by atoms with Crippen LogP contribution < -0.4 is 0 Å². The molecule has 0 amide bonds. The SMILES string of the molecule is C=CC=NC(=C)n1nc(C(C)=O)c2ccc(F)cc21. The minimum atomic E-state index is -0.413. The first kappa shape index (κ1) is 12.9. The zero-order valence-electron chi connectivity index (χ0n) is 10.4. The molecule has 0 atom stereocenters. The number of carbonyl (C=O) groups excluding carboxylic acids is 1. The number of allylic oxidation sites excluding steroid dienone is 1. The lowest BCUT2D eigenvalue weighted by molar-refractivity contribution is 0.101. The second-order valence-electron chi connectivity index (χ2n) is 3.91. The van der Waals surface area contributed by atoms with Crippen LogP contribution in [0, 0.1) is 5.82 Å². The van der Waals surface area contributed by atoms with Crippen molar-refractivity contribution in [3.05, 3.63) is 48.9 Å². The van der Waals surface area contributed by atoms with E-state index in [-0.39, 0.29) is 17.3 Å². The molecule has 0 radical (unpaired) electrons. The van der Waals surface area contributed by atoms with Crippen molar-refractivity contribution in [2.24, 2.45) is 4.99 Å². The largest absolute Gasteiger partial charge is 0.293 e. The highest BCUT2D eigenvalue weighted by molar-refractivity contribution is 6.05. The fraction of sp³-hybridized carbons (Fsp3) is 0.0714. The van der Waals surface area contributed by atoms with Gasteiger partial charge in [0.1, 0.15) is 17.3 Å². The van der Waals surface area contributed by atoms with Gasteiger partial charge >= 0.3 is 0 Å². The lowest BCUT2D eigenvalue weighted by atomic mass is 10.1. The molecular formula is C14H12FN3O. The topological polar surface area (TPSA) is 47.2 Å². The number of Topliss-reactive ketones (excluding diaryl/α,β-unsaturated/α-hetero) is 1. The molecule has 0 spiro atoms. The number of rotatable bonds is 4. The monoisotopic (exact) mass is 257 g/mol. The van der Waals surface area contributed by atoms with Gasteiger partial charge in [0.05, 0.1) is 5.52 Å². The van der Waals surface area contributed by atoms with Crippen LogP contribution in [0.25, 0.3) is 16.7 Å². The lowest BCUT2D eigenvalue weighted by Crippen LogP contribution is -1.99. The first-order chi connectivity index (χ1) is 9.04. The third-order valence-electron chi connectivity index (χ3n) is 2.55. The van der Waals surface area contributed by atoms with Gasteiger partial charge in [0.25, 0.3) is 0 Å². The number of aromatic nitrogens is 2. The number of nitrogens with zero attached hydrogens (tertiary/aromatic N) is 3. The highest BCUT2D eigenvalue weighted by Crippen LogP contribution is 2.23. The molecule has 2 aromatic rings. The molecule has 0 unspecified atom stereocenters. The Hall–Kier alpha value is -2.56. The summed E-state index contributed by atoms with van der Waals surface area (Å²) < 4.78 is 14.7. The van der Waals surface area contributed by atoms with Gasteiger partial charge in [0.15, 0.2) is 5.78 Å². The van der Waals surface area contributed by atoms with Gasteiger partial charge in [0, 0.05) is 24.6 Å². The molecular weight excluding hydrogens is 245 g/mol. The maximum atomic E-state index is 13.3. The van der Waals surface area contributed by atoms with Crippen LogP contribution in [-0.4, -0.2) is 21.8 Å². The molecule has 0 aliphatic carbocycles. The first-order valence-electron chi connectivity index (χ1n) is 5.58. The molecule has 1 aromatic carbocycles. The van der Waals surface area contributed by atoms with Crippen molar-refractivity contribution in [2.75, 3.05) is 0 Å². The first-order valence-corrected chi connectivity index (χ1v) is 5.58. The van der Waals surface area contributed by atoms with E-state index in [1.54, 1.807) is 0 Å². The van der Waals surface area contributed by atoms with Gasteiger partial charge in [-0.1, -0.05) is 19.2 Å². The van der Waals surface area contributed by atoms with Crippen molar-refractivity contribution in [3.63, 3.8) is 0 Å². The Morgan fingerprint density at radius 3 is 2.89 bits per heavy atom. The summed E-state index contributed by atoms with van der Waals surface area (Å²) in [7, 11) is 0. The van der Waals surface area contributed by atoms with Crippen molar-refractivity contribution in [3.8, 4) is 0 Å². The van der Waals surface area contributed by atoms with Gasteiger partial charge < -0.3 is 0 Å². The zero-order valence-corrected chi connectivity index (χ0v) is 10.4. The molecule has 5 heteroatoms. The Balaban J connectivity index is 2.70. The van der Waals surface area contributed by atoms with Crippen LogP contribution in [0.1, 0.15) is 17.4 Å². The van der Waals surface area contributed by atoms with E-state index in [1.807, 2.05) is 0 Å². The van der Waals surface area contributed by atoms with Gasteiger partial charge in [-0.05, 0) is 12.1 Å². The molecule has 0 aliphatic rings. The number of halogens is 1.